The third kappa shape index (κ3) is 3.53. The van der Waals surface area contributed by atoms with Crippen molar-refractivity contribution in [1.82, 2.24) is 0 Å². The molecule has 0 fully saturated rings. The fourth-order valence-corrected chi connectivity index (χ4v) is 1.55. The Kier molecular flexibility index (Phi) is 6.46. The maximum Gasteiger partial charge on any atom is 1.00 e. The van der Waals surface area contributed by atoms with E-state index in [1.807, 2.05) is 0 Å². The van der Waals surface area contributed by atoms with Gasteiger partial charge in [-0.3, -0.25) is 0 Å². The van der Waals surface area contributed by atoms with Gasteiger partial charge >= 0.3 is 109 Å². The van der Waals surface area contributed by atoms with Crippen molar-refractivity contribution in [3.8, 4) is 0 Å². The molecule has 0 N–H and O–H groups in total. The minimum Gasteiger partial charge on any atom is 1.00 e. The second-order valence-corrected chi connectivity index (χ2v) is 4.07. The zero-order valence-electron chi connectivity index (χ0n) is 5.70. The summed E-state index contributed by atoms with van der Waals surface area (Å²) in [6.07, 6.45) is 0. The van der Waals surface area contributed by atoms with Crippen LogP contribution in [-0.4, -0.2) is 14.9 Å². The van der Waals surface area contributed by atoms with Crippen LogP contribution in [-0.2, 0) is 3.74 Å². The van der Waals surface area contributed by atoms with Crippen molar-refractivity contribution in [2.24, 2.45) is 0 Å². The molecule has 0 radical (unpaired) electrons. The minimum atomic E-state index is -3.27. The topological polar surface area (TPSA) is 40.1 Å². The Labute approximate surface area is 107 Å². The summed E-state index contributed by atoms with van der Waals surface area (Å²) in [6.45, 7) is 0. The summed E-state index contributed by atoms with van der Waals surface area (Å²) in [5.74, 6) is 0. The fraction of sp³-hybridized carbons (Fsp3) is 0. The number of rotatable bonds is 1. The maximum absolute atomic E-state index is 10.3. The van der Waals surface area contributed by atoms with Crippen LogP contribution in [0.5, 0.6) is 0 Å². The van der Waals surface area contributed by atoms with Gasteiger partial charge in [0.05, 0.1) is 0 Å². The average Bonchev–Trinajstić information content (AvgIpc) is 1.90. The molecule has 1 aromatic carbocycles. The monoisotopic (exact) mass is 224 g/mol. The maximum atomic E-state index is 10.3. The molecule has 2 nitrogen and oxygen atoms in total. The van der Waals surface area contributed by atoms with Crippen LogP contribution in [0, 0.1) is 0 Å². The van der Waals surface area contributed by atoms with Gasteiger partial charge in [-0.1, -0.05) is 0 Å². The van der Waals surface area contributed by atoms with E-state index in [1.54, 1.807) is 30.3 Å². The van der Waals surface area contributed by atoms with Crippen molar-refractivity contribution >= 4 is 19.3 Å². The fourth-order valence-electron chi connectivity index (χ4n) is 0.574. The van der Waals surface area contributed by atoms with Crippen LogP contribution < -0.4 is 59.8 Å². The molecule has 0 amide bonds. The van der Waals surface area contributed by atoms with Crippen molar-refractivity contribution in [3.63, 3.8) is 0 Å². The van der Waals surface area contributed by atoms with Gasteiger partial charge in [0.2, 0.25) is 0 Å². The van der Waals surface area contributed by atoms with Gasteiger partial charge in [-0.15, -0.1) is 0 Å². The van der Waals surface area contributed by atoms with Gasteiger partial charge < -0.3 is 0 Å². The molecule has 0 aliphatic rings. The number of hydrogen-bond acceptors (Lipinski definition) is 2. The van der Waals surface area contributed by atoms with Gasteiger partial charge in [0.15, 0.2) is 0 Å². The Hall–Kier alpha value is 1.17. The summed E-state index contributed by atoms with van der Waals surface area (Å²) in [6, 6.07) is 8.45. The van der Waals surface area contributed by atoms with E-state index in [1.165, 1.54) is 0 Å². The molecule has 0 aliphatic carbocycles. The van der Waals surface area contributed by atoms with Crippen molar-refractivity contribution < 1.29 is 59.2 Å². The van der Waals surface area contributed by atoms with Crippen LogP contribution in [0.2, 0.25) is 0 Å². The van der Waals surface area contributed by atoms with Gasteiger partial charge in [0.25, 0.3) is 0 Å². The van der Waals surface area contributed by atoms with Crippen LogP contribution in [0.25, 0.3) is 0 Å². The molecule has 1 aromatic rings. The van der Waals surface area contributed by atoms with Gasteiger partial charge in [-0.05, 0) is 0 Å². The molecule has 0 spiro atoms. The summed E-state index contributed by atoms with van der Waals surface area (Å²) in [5.41, 5.74) is 0. The zero-order chi connectivity index (χ0) is 6.69. The van der Waals surface area contributed by atoms with E-state index in [4.69, 9.17) is 0 Å². The Morgan fingerprint density at radius 2 is 1.70 bits per heavy atom. The Morgan fingerprint density at radius 3 is 2.00 bits per heavy atom. The van der Waals surface area contributed by atoms with Crippen molar-refractivity contribution in [2.45, 2.75) is 0 Å². The predicted molar refractivity (Wildman–Crippen MR) is 33.9 cm³/mol. The van der Waals surface area contributed by atoms with Crippen LogP contribution in [0.4, 0.5) is 0 Å². The first kappa shape index (κ1) is 11.2. The van der Waals surface area contributed by atoms with Gasteiger partial charge in [0, 0.05) is 0 Å². The number of benzene rings is 1. The molecule has 1 rings (SSSR count). The quantitative estimate of drug-likeness (QED) is 0.455. The van der Waals surface area contributed by atoms with Crippen molar-refractivity contribution in [3.05, 3.63) is 30.3 Å². The van der Waals surface area contributed by atoms with Crippen LogP contribution in [0.1, 0.15) is 0 Å². The third-order valence-electron chi connectivity index (χ3n) is 1.01. The molecule has 0 saturated heterocycles. The molecule has 0 aromatic heterocycles. The molecule has 1 atom stereocenters. The zero-order valence-corrected chi connectivity index (χ0v) is 10.9. The van der Waals surface area contributed by atoms with Crippen molar-refractivity contribution in [2.75, 3.05) is 0 Å². The summed E-state index contributed by atoms with van der Waals surface area (Å²) in [5, 5.41) is 0. The standard InChI is InChI=1S/C6H7AsO2.K/c8-7(9)6-4-2-1-3-5-6;/h1-5,7H,(H,8,9);/q;+1/p-1. The molecule has 10 heavy (non-hydrogen) atoms. The number of hydrogen-bond donors (Lipinski definition) is 0. The molecule has 48 valence electrons. The molecule has 0 saturated carbocycles. The van der Waals surface area contributed by atoms with E-state index in [9.17, 15) is 7.84 Å². The van der Waals surface area contributed by atoms with Crippen LogP contribution >= 0.6 is 0 Å². The minimum absolute atomic E-state index is 0. The van der Waals surface area contributed by atoms with Gasteiger partial charge in [-0.25, -0.2) is 0 Å². The Balaban J connectivity index is 0.000000810. The third-order valence-corrected chi connectivity index (χ3v) is 2.70. The molecule has 1 unspecified atom stereocenters. The molecule has 0 aliphatic heterocycles. The van der Waals surface area contributed by atoms with E-state index in [2.05, 4.69) is 0 Å². The van der Waals surface area contributed by atoms with E-state index < -0.39 is 14.9 Å². The average molecular weight is 224 g/mol. The van der Waals surface area contributed by atoms with Gasteiger partial charge in [0.1, 0.15) is 0 Å². The first-order chi connectivity index (χ1) is 4.30. The normalized spacial score (nSPS) is 11.7. The smallest absolute Gasteiger partial charge is 1.00 e. The summed E-state index contributed by atoms with van der Waals surface area (Å²) < 4.78 is 21.1. The van der Waals surface area contributed by atoms with E-state index in [-0.39, 0.29) is 51.4 Å². The molecule has 0 heterocycles. The van der Waals surface area contributed by atoms with E-state index >= 15 is 0 Å². The molecular weight excluding hydrogens is 218 g/mol. The summed E-state index contributed by atoms with van der Waals surface area (Å²) in [7, 11) is 0. The summed E-state index contributed by atoms with van der Waals surface area (Å²) in [4.78, 5) is 0. The first-order valence-corrected chi connectivity index (χ1v) is 5.33. The van der Waals surface area contributed by atoms with Crippen LogP contribution in [0.15, 0.2) is 30.3 Å². The van der Waals surface area contributed by atoms with Crippen LogP contribution in [0.3, 0.4) is 0 Å². The molecular formula is C6H6AsKO2. The predicted octanol–water partition coefficient (Wildman–Crippen LogP) is -4.09. The van der Waals surface area contributed by atoms with Gasteiger partial charge in [-0.2, -0.15) is 0 Å². The SMILES string of the molecule is O=[AsH]([O-])c1ccccc1.[K+]. The van der Waals surface area contributed by atoms with Crippen molar-refractivity contribution in [1.29, 1.82) is 0 Å². The second-order valence-electron chi connectivity index (χ2n) is 1.65. The Morgan fingerprint density at radius 1 is 1.20 bits per heavy atom. The van der Waals surface area contributed by atoms with E-state index in [0.29, 0.717) is 4.35 Å². The molecule has 4 heteroatoms. The largest absolute Gasteiger partial charge is 1.00 e. The summed E-state index contributed by atoms with van der Waals surface area (Å²) >= 11 is -3.27. The molecule has 0 bridgehead atoms. The van der Waals surface area contributed by atoms with E-state index in [0.717, 1.165) is 0 Å². The first-order valence-electron chi connectivity index (χ1n) is 2.57. The second kappa shape index (κ2) is 5.78. The Bertz CT molecular complexity index is 212.